The number of Topliss-reactive ketones (excluding diaryl/α,β-unsaturated/α-hetero) is 1. The van der Waals surface area contributed by atoms with E-state index in [1.54, 1.807) is 24.3 Å². The van der Waals surface area contributed by atoms with Crippen LogP contribution in [-0.4, -0.2) is 22.9 Å². The van der Waals surface area contributed by atoms with E-state index in [2.05, 4.69) is 21.2 Å². The molecule has 0 bridgehead atoms. The van der Waals surface area contributed by atoms with Gasteiger partial charge in [-0.2, -0.15) is 0 Å². The molecule has 0 heterocycles. The Bertz CT molecular complexity index is 729. The van der Waals surface area contributed by atoms with Crippen molar-refractivity contribution in [2.24, 2.45) is 5.73 Å². The molecule has 2 aromatic carbocycles. The minimum Gasteiger partial charge on any atom is -0.366 e. The average molecular weight is 361 g/mol. The number of carbonyl (C=O) groups excluding carboxylic acids is 3. The molecule has 112 valence electrons. The van der Waals surface area contributed by atoms with Gasteiger partial charge in [0.25, 0.3) is 5.91 Å². The van der Waals surface area contributed by atoms with Crippen molar-refractivity contribution >= 4 is 39.2 Å². The van der Waals surface area contributed by atoms with Gasteiger partial charge in [-0.05, 0) is 30.3 Å². The van der Waals surface area contributed by atoms with Crippen molar-refractivity contribution < 1.29 is 14.4 Å². The summed E-state index contributed by atoms with van der Waals surface area (Å²) in [5.41, 5.74) is 6.44. The van der Waals surface area contributed by atoms with E-state index in [9.17, 15) is 14.4 Å². The third kappa shape index (κ3) is 3.79. The molecular formula is C16H13BrN2O3. The number of anilines is 1. The number of nitrogens with two attached hydrogens (primary N) is 1. The van der Waals surface area contributed by atoms with Gasteiger partial charge in [0.15, 0.2) is 5.78 Å². The second-order valence-electron chi connectivity index (χ2n) is 4.54. The number of nitrogens with one attached hydrogen (secondary N) is 1. The van der Waals surface area contributed by atoms with E-state index in [0.717, 1.165) is 0 Å². The number of hydrogen-bond acceptors (Lipinski definition) is 3. The number of halogens is 1. The van der Waals surface area contributed by atoms with E-state index >= 15 is 0 Å². The first-order chi connectivity index (χ1) is 10.5. The van der Waals surface area contributed by atoms with E-state index in [4.69, 9.17) is 5.73 Å². The lowest BCUT2D eigenvalue weighted by atomic mass is 10.0. The van der Waals surface area contributed by atoms with Gasteiger partial charge in [-0.1, -0.05) is 34.1 Å². The number of carbonyl (C=O) groups is 3. The molecule has 0 saturated carbocycles. The van der Waals surface area contributed by atoms with Gasteiger partial charge in [-0.15, -0.1) is 0 Å². The first-order valence-corrected chi connectivity index (χ1v) is 7.54. The highest BCUT2D eigenvalue weighted by molar-refractivity contribution is 9.09. The third-order valence-electron chi connectivity index (χ3n) is 2.95. The molecule has 0 aliphatic rings. The first kappa shape index (κ1) is 15.9. The third-order valence-corrected chi connectivity index (χ3v) is 3.46. The summed E-state index contributed by atoms with van der Waals surface area (Å²) in [7, 11) is 0. The highest BCUT2D eigenvalue weighted by Crippen LogP contribution is 2.14. The normalized spacial score (nSPS) is 10.0. The summed E-state index contributed by atoms with van der Waals surface area (Å²) in [4.78, 5) is 35.4. The molecular weight excluding hydrogens is 348 g/mol. The molecule has 0 aliphatic heterocycles. The maximum absolute atomic E-state index is 12.3. The summed E-state index contributed by atoms with van der Waals surface area (Å²) in [6, 6.07) is 13.1. The molecule has 2 aromatic rings. The molecule has 0 aromatic heterocycles. The smallest absolute Gasteiger partial charge is 0.255 e. The van der Waals surface area contributed by atoms with Crippen molar-refractivity contribution in [2.45, 2.75) is 0 Å². The highest BCUT2D eigenvalue weighted by Gasteiger charge is 2.14. The second-order valence-corrected chi connectivity index (χ2v) is 5.10. The molecule has 0 aliphatic carbocycles. The van der Waals surface area contributed by atoms with Gasteiger partial charge in [0.05, 0.1) is 5.33 Å². The Labute approximate surface area is 135 Å². The van der Waals surface area contributed by atoms with Crippen LogP contribution in [0.1, 0.15) is 31.1 Å². The summed E-state index contributed by atoms with van der Waals surface area (Å²) in [5, 5.41) is 2.79. The summed E-state index contributed by atoms with van der Waals surface area (Å²) in [5.74, 6) is -1.35. The summed E-state index contributed by atoms with van der Waals surface area (Å²) >= 11 is 3.06. The van der Waals surface area contributed by atoms with Crippen molar-refractivity contribution in [1.29, 1.82) is 0 Å². The van der Waals surface area contributed by atoms with Gasteiger partial charge in [0.1, 0.15) is 0 Å². The average Bonchev–Trinajstić information content (AvgIpc) is 2.54. The Morgan fingerprint density at radius 1 is 0.955 bits per heavy atom. The van der Waals surface area contributed by atoms with Crippen LogP contribution in [0.3, 0.4) is 0 Å². The van der Waals surface area contributed by atoms with Crippen molar-refractivity contribution in [3.05, 3.63) is 65.2 Å². The van der Waals surface area contributed by atoms with E-state index in [1.807, 2.05) is 6.07 Å². The minimum absolute atomic E-state index is 0.0922. The van der Waals surface area contributed by atoms with Gasteiger partial charge in [-0.3, -0.25) is 14.4 Å². The Morgan fingerprint density at radius 3 is 2.14 bits per heavy atom. The maximum Gasteiger partial charge on any atom is 0.255 e. The number of alkyl halides is 1. The number of primary amides is 1. The predicted molar refractivity (Wildman–Crippen MR) is 87.5 cm³/mol. The summed E-state index contributed by atoms with van der Waals surface area (Å²) in [6.45, 7) is 0. The van der Waals surface area contributed by atoms with Gasteiger partial charge < -0.3 is 11.1 Å². The van der Waals surface area contributed by atoms with Crippen LogP contribution in [0.5, 0.6) is 0 Å². The van der Waals surface area contributed by atoms with Crippen LogP contribution < -0.4 is 11.1 Å². The van der Waals surface area contributed by atoms with Crippen LogP contribution in [0, 0.1) is 0 Å². The molecule has 0 saturated heterocycles. The molecule has 5 nitrogen and oxygen atoms in total. The zero-order valence-electron chi connectivity index (χ0n) is 11.5. The summed E-state index contributed by atoms with van der Waals surface area (Å²) in [6.07, 6.45) is 0. The second kappa shape index (κ2) is 7.00. The Kier molecular flexibility index (Phi) is 5.06. The lowest BCUT2D eigenvalue weighted by molar-refractivity contribution is 0.1000. The molecule has 2 rings (SSSR count). The number of benzene rings is 2. The molecule has 2 amide bonds. The fourth-order valence-electron chi connectivity index (χ4n) is 1.86. The first-order valence-electron chi connectivity index (χ1n) is 6.41. The van der Waals surface area contributed by atoms with Crippen LogP contribution in [0.25, 0.3) is 0 Å². The van der Waals surface area contributed by atoms with Crippen molar-refractivity contribution in [2.75, 3.05) is 10.6 Å². The largest absolute Gasteiger partial charge is 0.366 e. The molecule has 0 fully saturated rings. The monoisotopic (exact) mass is 360 g/mol. The molecule has 0 atom stereocenters. The van der Waals surface area contributed by atoms with Crippen molar-refractivity contribution in [3.63, 3.8) is 0 Å². The van der Waals surface area contributed by atoms with Crippen molar-refractivity contribution in [1.82, 2.24) is 0 Å². The topological polar surface area (TPSA) is 89.3 Å². The summed E-state index contributed by atoms with van der Waals surface area (Å²) < 4.78 is 0. The zero-order valence-corrected chi connectivity index (χ0v) is 13.1. The fourth-order valence-corrected chi connectivity index (χ4v) is 2.19. The van der Waals surface area contributed by atoms with Gasteiger partial charge in [0.2, 0.25) is 5.91 Å². The van der Waals surface area contributed by atoms with Crippen LogP contribution in [0.2, 0.25) is 0 Å². The molecule has 0 unspecified atom stereocenters. The van der Waals surface area contributed by atoms with Crippen molar-refractivity contribution in [3.8, 4) is 0 Å². The van der Waals surface area contributed by atoms with E-state index in [-0.39, 0.29) is 27.8 Å². The lowest BCUT2D eigenvalue weighted by Crippen LogP contribution is -2.17. The van der Waals surface area contributed by atoms with Crippen LogP contribution in [0.4, 0.5) is 5.69 Å². The van der Waals surface area contributed by atoms with Crippen LogP contribution >= 0.6 is 15.9 Å². The predicted octanol–water partition coefficient (Wildman–Crippen LogP) is 2.62. The van der Waals surface area contributed by atoms with Gasteiger partial charge in [0, 0.05) is 22.4 Å². The SMILES string of the molecule is NC(=O)c1cc(C(=O)CBr)cc(C(=O)Nc2ccccc2)c1. The Hall–Kier alpha value is -2.47. The maximum atomic E-state index is 12.3. The minimum atomic E-state index is -0.696. The van der Waals surface area contributed by atoms with Gasteiger partial charge >= 0.3 is 0 Å². The number of hydrogen-bond donors (Lipinski definition) is 2. The quantitative estimate of drug-likeness (QED) is 0.634. The standard InChI is InChI=1S/C16H13BrN2O3/c17-9-14(20)10-6-11(15(18)21)8-12(7-10)16(22)19-13-4-2-1-3-5-13/h1-8H,9H2,(H2,18,21)(H,19,22). The van der Waals surface area contributed by atoms with Gasteiger partial charge in [-0.25, -0.2) is 0 Å². The Balaban J connectivity index is 2.36. The molecule has 6 heteroatoms. The molecule has 0 radical (unpaired) electrons. The zero-order chi connectivity index (χ0) is 16.1. The molecule has 3 N–H and O–H groups in total. The molecule has 0 spiro atoms. The Morgan fingerprint density at radius 2 is 1.55 bits per heavy atom. The lowest BCUT2D eigenvalue weighted by Gasteiger charge is -2.08. The van der Waals surface area contributed by atoms with E-state index in [0.29, 0.717) is 5.69 Å². The number of rotatable bonds is 5. The van der Waals surface area contributed by atoms with Crippen LogP contribution in [-0.2, 0) is 0 Å². The van der Waals surface area contributed by atoms with Crippen LogP contribution in [0.15, 0.2) is 48.5 Å². The number of amides is 2. The fraction of sp³-hybridized carbons (Fsp3) is 0.0625. The highest BCUT2D eigenvalue weighted by atomic mass is 79.9. The molecule has 22 heavy (non-hydrogen) atoms. The van der Waals surface area contributed by atoms with E-state index in [1.165, 1.54) is 18.2 Å². The number of ketones is 1. The van der Waals surface area contributed by atoms with E-state index < -0.39 is 11.8 Å². The number of para-hydroxylation sites is 1.